The highest BCUT2D eigenvalue weighted by atomic mass is 35.5. The number of hydrogen-bond acceptors (Lipinski definition) is 2. The van der Waals surface area contributed by atoms with Crippen molar-refractivity contribution in [1.82, 2.24) is 0 Å². The Morgan fingerprint density at radius 3 is 2.32 bits per heavy atom. The van der Waals surface area contributed by atoms with Crippen molar-refractivity contribution in [2.24, 2.45) is 0 Å². The van der Waals surface area contributed by atoms with Crippen LogP contribution in [0.25, 0.3) is 0 Å². The molecule has 0 aliphatic heterocycles. The van der Waals surface area contributed by atoms with Crippen LogP contribution in [0.5, 0.6) is 11.5 Å². The zero-order chi connectivity index (χ0) is 20.3. The monoisotopic (exact) mass is 405 g/mol. The second kappa shape index (κ2) is 7.94. The molecular weight excluding hydrogens is 391 g/mol. The fourth-order valence-electron chi connectivity index (χ4n) is 2.51. The van der Waals surface area contributed by atoms with Crippen molar-refractivity contribution in [3.05, 3.63) is 88.4 Å². The van der Waals surface area contributed by atoms with Crippen molar-refractivity contribution in [1.29, 1.82) is 0 Å². The average Bonchev–Trinajstić information content (AvgIpc) is 2.63. The molecule has 3 nitrogen and oxygen atoms in total. The minimum atomic E-state index is -4.60. The number of amides is 1. The van der Waals surface area contributed by atoms with E-state index < -0.39 is 22.7 Å². The molecule has 0 saturated carbocycles. The summed E-state index contributed by atoms with van der Waals surface area (Å²) in [5.41, 5.74) is 0.325. The third kappa shape index (κ3) is 4.84. The lowest BCUT2D eigenvalue weighted by Gasteiger charge is -2.12. The van der Waals surface area contributed by atoms with Crippen LogP contribution in [-0.2, 0) is 6.18 Å². The molecule has 0 aliphatic carbocycles. The number of benzene rings is 3. The minimum Gasteiger partial charge on any atom is -0.457 e. The van der Waals surface area contributed by atoms with Gasteiger partial charge in [0.15, 0.2) is 0 Å². The van der Waals surface area contributed by atoms with Crippen LogP contribution in [0.2, 0.25) is 5.02 Å². The summed E-state index contributed by atoms with van der Waals surface area (Å²) < 4.78 is 44.5. The lowest BCUT2D eigenvalue weighted by atomic mass is 10.1. The van der Waals surface area contributed by atoms with Gasteiger partial charge in [0.05, 0.1) is 10.6 Å². The molecule has 0 radical (unpaired) electrons. The van der Waals surface area contributed by atoms with Crippen molar-refractivity contribution in [2.45, 2.75) is 13.1 Å². The molecule has 1 N–H and O–H groups in total. The highest BCUT2D eigenvalue weighted by Crippen LogP contribution is 2.36. The molecule has 3 aromatic carbocycles. The number of rotatable bonds is 4. The first-order valence-corrected chi connectivity index (χ1v) is 8.63. The third-order valence-electron chi connectivity index (χ3n) is 3.87. The van der Waals surface area contributed by atoms with Gasteiger partial charge in [-0.05, 0) is 67.1 Å². The molecule has 0 bridgehead atoms. The van der Waals surface area contributed by atoms with Crippen molar-refractivity contribution in [2.75, 3.05) is 5.32 Å². The van der Waals surface area contributed by atoms with Gasteiger partial charge < -0.3 is 10.1 Å². The van der Waals surface area contributed by atoms with Crippen molar-refractivity contribution < 1.29 is 22.7 Å². The molecule has 0 fully saturated rings. The summed E-state index contributed by atoms with van der Waals surface area (Å²) in [6.07, 6.45) is -4.60. The first-order chi connectivity index (χ1) is 13.2. The molecule has 0 unspecified atom stereocenters. The molecule has 28 heavy (non-hydrogen) atoms. The van der Waals surface area contributed by atoms with Crippen molar-refractivity contribution >= 4 is 23.2 Å². The normalized spacial score (nSPS) is 11.2. The summed E-state index contributed by atoms with van der Waals surface area (Å²) in [6, 6.07) is 17.0. The van der Waals surface area contributed by atoms with E-state index in [4.69, 9.17) is 16.3 Å². The van der Waals surface area contributed by atoms with Crippen LogP contribution in [0, 0.1) is 6.92 Å². The lowest BCUT2D eigenvalue weighted by Crippen LogP contribution is -2.13. The van der Waals surface area contributed by atoms with Gasteiger partial charge in [-0.15, -0.1) is 0 Å². The second-order valence-electron chi connectivity index (χ2n) is 6.09. The molecule has 7 heteroatoms. The maximum atomic E-state index is 12.9. The molecule has 144 valence electrons. The Hall–Kier alpha value is -2.99. The Kier molecular flexibility index (Phi) is 5.61. The fraction of sp³-hybridized carbons (Fsp3) is 0.0952. The van der Waals surface area contributed by atoms with Gasteiger partial charge in [-0.25, -0.2) is 0 Å². The lowest BCUT2D eigenvalue weighted by molar-refractivity contribution is -0.137. The van der Waals surface area contributed by atoms with Gasteiger partial charge in [-0.1, -0.05) is 23.7 Å². The fourth-order valence-corrected chi connectivity index (χ4v) is 2.74. The van der Waals surface area contributed by atoms with E-state index in [1.165, 1.54) is 18.2 Å². The SMILES string of the molecule is Cc1cccc(Oc2ccc(C(=O)Nc3ccc(Cl)c(C(F)(F)F)c3)cc2)c1. The Balaban J connectivity index is 1.71. The Morgan fingerprint density at radius 2 is 1.68 bits per heavy atom. The van der Waals surface area contributed by atoms with Crippen LogP contribution in [0.4, 0.5) is 18.9 Å². The van der Waals surface area contributed by atoms with Crippen LogP contribution in [-0.4, -0.2) is 5.91 Å². The van der Waals surface area contributed by atoms with E-state index in [1.807, 2.05) is 31.2 Å². The molecule has 1 amide bonds. The first kappa shape index (κ1) is 19.8. The van der Waals surface area contributed by atoms with Gasteiger partial charge in [-0.2, -0.15) is 13.2 Å². The predicted molar refractivity (Wildman–Crippen MR) is 102 cm³/mol. The van der Waals surface area contributed by atoms with E-state index in [0.717, 1.165) is 17.7 Å². The van der Waals surface area contributed by atoms with Gasteiger partial charge >= 0.3 is 6.18 Å². The van der Waals surface area contributed by atoms with E-state index in [1.54, 1.807) is 12.1 Å². The molecule has 0 atom stereocenters. The summed E-state index contributed by atoms with van der Waals surface area (Å²) in [7, 11) is 0. The molecule has 0 spiro atoms. The van der Waals surface area contributed by atoms with E-state index >= 15 is 0 Å². The number of carbonyl (C=O) groups is 1. The zero-order valence-electron chi connectivity index (χ0n) is 14.7. The van der Waals surface area contributed by atoms with Gasteiger partial charge in [0.2, 0.25) is 0 Å². The van der Waals surface area contributed by atoms with E-state index in [0.29, 0.717) is 11.5 Å². The first-order valence-electron chi connectivity index (χ1n) is 8.25. The Bertz CT molecular complexity index is 1000. The summed E-state index contributed by atoms with van der Waals surface area (Å²) >= 11 is 5.58. The highest BCUT2D eigenvalue weighted by Gasteiger charge is 2.33. The molecule has 0 aliphatic rings. The van der Waals surface area contributed by atoms with E-state index in [-0.39, 0.29) is 11.3 Å². The maximum Gasteiger partial charge on any atom is 0.417 e. The summed E-state index contributed by atoms with van der Waals surface area (Å²) in [6.45, 7) is 1.95. The molecule has 0 heterocycles. The smallest absolute Gasteiger partial charge is 0.417 e. The molecule has 0 aromatic heterocycles. The number of hydrogen-bond donors (Lipinski definition) is 1. The highest BCUT2D eigenvalue weighted by molar-refractivity contribution is 6.31. The van der Waals surface area contributed by atoms with Gasteiger partial charge in [0.1, 0.15) is 11.5 Å². The number of nitrogens with one attached hydrogen (secondary N) is 1. The minimum absolute atomic E-state index is 0.00168. The molecule has 3 rings (SSSR count). The molecule has 0 saturated heterocycles. The number of ether oxygens (including phenoxy) is 1. The standard InChI is InChI=1S/C21H15ClF3NO2/c1-13-3-2-4-17(11-13)28-16-8-5-14(6-9-16)20(27)26-15-7-10-19(22)18(12-15)21(23,24)25/h2-12H,1H3,(H,26,27). The quantitative estimate of drug-likeness (QED) is 0.523. The Morgan fingerprint density at radius 1 is 0.964 bits per heavy atom. The van der Waals surface area contributed by atoms with E-state index in [2.05, 4.69) is 5.32 Å². The van der Waals surface area contributed by atoms with Gasteiger partial charge in [0.25, 0.3) is 5.91 Å². The van der Waals surface area contributed by atoms with Crippen molar-refractivity contribution in [3.8, 4) is 11.5 Å². The summed E-state index contributed by atoms with van der Waals surface area (Å²) in [5, 5.41) is 2.01. The predicted octanol–water partition coefficient (Wildman–Crippen LogP) is 6.71. The maximum absolute atomic E-state index is 12.9. The summed E-state index contributed by atoms with van der Waals surface area (Å²) in [4.78, 5) is 12.3. The van der Waals surface area contributed by atoms with Crippen LogP contribution in [0.3, 0.4) is 0 Å². The topological polar surface area (TPSA) is 38.3 Å². The number of carbonyl (C=O) groups excluding carboxylic acids is 1. The average molecular weight is 406 g/mol. The Labute approximate surface area is 164 Å². The van der Waals surface area contributed by atoms with Gasteiger partial charge in [-0.3, -0.25) is 4.79 Å². The summed E-state index contributed by atoms with van der Waals surface area (Å²) in [5.74, 6) is 0.656. The van der Waals surface area contributed by atoms with Crippen LogP contribution in [0.15, 0.2) is 66.7 Å². The van der Waals surface area contributed by atoms with Crippen LogP contribution < -0.4 is 10.1 Å². The number of aryl methyl sites for hydroxylation is 1. The zero-order valence-corrected chi connectivity index (χ0v) is 15.4. The molecular formula is C21H15ClF3NO2. The molecule has 3 aromatic rings. The number of halogens is 4. The van der Waals surface area contributed by atoms with Crippen molar-refractivity contribution in [3.63, 3.8) is 0 Å². The second-order valence-corrected chi connectivity index (χ2v) is 6.50. The third-order valence-corrected chi connectivity index (χ3v) is 4.20. The number of anilines is 1. The largest absolute Gasteiger partial charge is 0.457 e. The van der Waals surface area contributed by atoms with Crippen LogP contribution in [0.1, 0.15) is 21.5 Å². The number of alkyl halides is 3. The van der Waals surface area contributed by atoms with Crippen LogP contribution >= 0.6 is 11.6 Å². The van der Waals surface area contributed by atoms with E-state index in [9.17, 15) is 18.0 Å². The van der Waals surface area contributed by atoms with Gasteiger partial charge in [0, 0.05) is 11.3 Å².